The molecule has 158 valence electrons. The third kappa shape index (κ3) is 4.89. The predicted molar refractivity (Wildman–Crippen MR) is 112 cm³/mol. The van der Waals surface area contributed by atoms with Crippen LogP contribution in [0.2, 0.25) is 0 Å². The van der Waals surface area contributed by atoms with Crippen molar-refractivity contribution in [1.29, 1.82) is 0 Å². The number of carbonyl (C=O) groups excluding carboxylic acids is 1. The normalized spacial score (nSPS) is 13.6. The Bertz CT molecular complexity index is 1050. The molecule has 4 rings (SSSR count). The fourth-order valence-corrected chi connectivity index (χ4v) is 4.03. The van der Waals surface area contributed by atoms with Crippen molar-refractivity contribution in [2.45, 2.75) is 38.5 Å². The Labute approximate surface area is 187 Å². The van der Waals surface area contributed by atoms with Gasteiger partial charge in [-0.1, -0.05) is 15.9 Å². The molecule has 1 saturated carbocycles. The molecule has 11 heteroatoms. The molecular formula is C19H17Br2F2N5O2. The number of hydrogen-bond acceptors (Lipinski definition) is 4. The Kier molecular flexibility index (Phi) is 6.19. The topological polar surface area (TPSA) is 74.0 Å². The van der Waals surface area contributed by atoms with Crippen molar-refractivity contribution < 1.29 is 18.3 Å². The number of anilines is 1. The van der Waals surface area contributed by atoms with Crippen LogP contribution in [0.15, 0.2) is 45.6 Å². The van der Waals surface area contributed by atoms with Gasteiger partial charge in [0.15, 0.2) is 6.73 Å². The number of rotatable bonds is 8. The first-order valence-corrected chi connectivity index (χ1v) is 10.7. The molecule has 7 nitrogen and oxygen atoms in total. The number of nitrogens with zero attached hydrogens (tertiary/aromatic N) is 4. The van der Waals surface area contributed by atoms with Crippen LogP contribution in [0.4, 0.5) is 14.5 Å². The Hall–Kier alpha value is -2.27. The van der Waals surface area contributed by atoms with Crippen molar-refractivity contribution in [2.75, 3.05) is 5.32 Å². The zero-order chi connectivity index (χ0) is 21.3. The third-order valence-electron chi connectivity index (χ3n) is 4.51. The molecule has 3 aromatic rings. The van der Waals surface area contributed by atoms with Crippen LogP contribution in [0.25, 0.3) is 0 Å². The molecule has 1 fully saturated rings. The molecule has 0 bridgehead atoms. The van der Waals surface area contributed by atoms with Gasteiger partial charge in [0.05, 0.1) is 28.2 Å². The summed E-state index contributed by atoms with van der Waals surface area (Å²) in [5.74, 6) is 0.470. The van der Waals surface area contributed by atoms with E-state index in [4.69, 9.17) is 4.74 Å². The molecule has 0 spiro atoms. The summed E-state index contributed by atoms with van der Waals surface area (Å²) in [6.07, 6.45) is 2.22. The van der Waals surface area contributed by atoms with Crippen LogP contribution < -0.4 is 10.1 Å². The smallest absolute Gasteiger partial charge is 0.283 e. The average Bonchev–Trinajstić information content (AvgIpc) is 3.35. The van der Waals surface area contributed by atoms with Crippen molar-refractivity contribution in [1.82, 2.24) is 19.6 Å². The van der Waals surface area contributed by atoms with Gasteiger partial charge in [0.2, 0.25) is 5.91 Å². The Morgan fingerprint density at radius 3 is 2.67 bits per heavy atom. The molecule has 0 atom stereocenters. The summed E-state index contributed by atoms with van der Waals surface area (Å²) < 4.78 is 36.1. The van der Waals surface area contributed by atoms with Crippen LogP contribution in [-0.4, -0.2) is 25.5 Å². The molecule has 30 heavy (non-hydrogen) atoms. The van der Waals surface area contributed by atoms with E-state index in [1.54, 1.807) is 6.20 Å². The maximum Gasteiger partial charge on any atom is 0.283 e. The van der Waals surface area contributed by atoms with Crippen LogP contribution in [-0.2, 0) is 18.1 Å². The monoisotopic (exact) mass is 543 g/mol. The third-order valence-corrected chi connectivity index (χ3v) is 5.86. The van der Waals surface area contributed by atoms with E-state index >= 15 is 0 Å². The van der Waals surface area contributed by atoms with Crippen molar-refractivity contribution in [3.8, 4) is 5.75 Å². The molecule has 2 aromatic heterocycles. The fourth-order valence-electron chi connectivity index (χ4n) is 2.99. The summed E-state index contributed by atoms with van der Waals surface area (Å²) in [6, 6.07) is 7.38. The first-order valence-electron chi connectivity index (χ1n) is 9.15. The van der Waals surface area contributed by atoms with Crippen molar-refractivity contribution in [3.05, 3.63) is 57.0 Å². The summed E-state index contributed by atoms with van der Waals surface area (Å²) in [6.45, 7) is 0.0188. The van der Waals surface area contributed by atoms with Crippen LogP contribution in [0.3, 0.4) is 0 Å². The molecule has 1 N–H and O–H groups in total. The molecule has 1 aliphatic carbocycles. The van der Waals surface area contributed by atoms with E-state index in [1.807, 2.05) is 24.3 Å². The van der Waals surface area contributed by atoms with Gasteiger partial charge in [-0.05, 0) is 53.0 Å². The van der Waals surface area contributed by atoms with Crippen LogP contribution in [0.1, 0.15) is 36.6 Å². The van der Waals surface area contributed by atoms with Crippen molar-refractivity contribution in [2.24, 2.45) is 0 Å². The number of carbonyl (C=O) groups is 1. The number of hydrogen-bond donors (Lipinski definition) is 1. The lowest BCUT2D eigenvalue weighted by molar-refractivity contribution is -0.117. The van der Waals surface area contributed by atoms with Crippen LogP contribution in [0, 0.1) is 0 Å². The average molecular weight is 545 g/mol. The second-order valence-corrected chi connectivity index (χ2v) is 8.57. The predicted octanol–water partition coefficient (Wildman–Crippen LogP) is 5.09. The molecule has 0 aliphatic heterocycles. The van der Waals surface area contributed by atoms with Crippen molar-refractivity contribution in [3.63, 3.8) is 0 Å². The summed E-state index contributed by atoms with van der Waals surface area (Å²) in [5, 5.41) is 10.8. The van der Waals surface area contributed by atoms with E-state index in [0.29, 0.717) is 21.6 Å². The second-order valence-electron chi connectivity index (χ2n) is 6.86. The summed E-state index contributed by atoms with van der Waals surface area (Å²) >= 11 is 6.58. The van der Waals surface area contributed by atoms with E-state index in [2.05, 4.69) is 47.4 Å². The lowest BCUT2D eigenvalue weighted by atomic mass is 10.2. The van der Waals surface area contributed by atoms with Gasteiger partial charge < -0.3 is 10.1 Å². The summed E-state index contributed by atoms with van der Waals surface area (Å²) in [7, 11) is 0. The maximum atomic E-state index is 13.2. The van der Waals surface area contributed by atoms with Gasteiger partial charge in [-0.3, -0.25) is 9.48 Å². The van der Waals surface area contributed by atoms with E-state index < -0.39 is 6.43 Å². The Morgan fingerprint density at radius 2 is 2.00 bits per heavy atom. The van der Waals surface area contributed by atoms with Crippen LogP contribution >= 0.6 is 31.9 Å². The van der Waals surface area contributed by atoms with E-state index in [9.17, 15) is 13.6 Å². The minimum absolute atomic E-state index is 0.155. The van der Waals surface area contributed by atoms with Gasteiger partial charge >= 0.3 is 0 Å². The van der Waals surface area contributed by atoms with Crippen LogP contribution in [0.5, 0.6) is 5.75 Å². The minimum atomic E-state index is -2.70. The SMILES string of the molecule is O=C(Cn1nc(C(F)F)c(Br)c1C1CC1)Nc1cnn(COc2ccc(Br)cc2)c1. The molecule has 0 unspecified atom stereocenters. The number of halogens is 4. The first-order chi connectivity index (χ1) is 14.4. The molecular weight excluding hydrogens is 528 g/mol. The molecule has 0 saturated heterocycles. The summed E-state index contributed by atoms with van der Waals surface area (Å²) in [5.41, 5.74) is 0.800. The molecule has 2 heterocycles. The highest BCUT2D eigenvalue weighted by Crippen LogP contribution is 2.45. The standard InChI is InChI=1S/C19H17Br2F2N5O2/c20-12-3-5-14(6-4-12)30-10-27-8-13(7-24-27)25-15(29)9-28-18(11-1-2-11)16(21)17(26-28)19(22)23/h3-8,11,19H,1-2,9-10H2,(H,25,29). The van der Waals surface area contributed by atoms with E-state index in [1.165, 1.54) is 15.6 Å². The van der Waals surface area contributed by atoms with E-state index in [-0.39, 0.29) is 30.8 Å². The number of ether oxygens (including phenoxy) is 1. The maximum absolute atomic E-state index is 13.2. The zero-order valence-corrected chi connectivity index (χ0v) is 18.7. The molecule has 1 amide bonds. The number of alkyl halides is 2. The lowest BCUT2D eigenvalue weighted by Crippen LogP contribution is -2.20. The highest BCUT2D eigenvalue weighted by Gasteiger charge is 2.34. The fraction of sp³-hybridized carbons (Fsp3) is 0.316. The van der Waals surface area contributed by atoms with Gasteiger partial charge in [-0.15, -0.1) is 0 Å². The zero-order valence-electron chi connectivity index (χ0n) is 15.6. The Morgan fingerprint density at radius 1 is 1.27 bits per heavy atom. The Balaban J connectivity index is 1.37. The number of nitrogens with one attached hydrogen (secondary N) is 1. The van der Waals surface area contributed by atoms with Crippen molar-refractivity contribution >= 4 is 43.5 Å². The van der Waals surface area contributed by atoms with Gasteiger partial charge in [0, 0.05) is 10.4 Å². The molecule has 1 aliphatic rings. The van der Waals surface area contributed by atoms with Gasteiger partial charge in [-0.2, -0.15) is 10.2 Å². The van der Waals surface area contributed by atoms with Gasteiger partial charge in [-0.25, -0.2) is 13.5 Å². The molecule has 1 aromatic carbocycles. The quantitative estimate of drug-likeness (QED) is 0.428. The van der Waals surface area contributed by atoms with E-state index in [0.717, 1.165) is 17.3 Å². The number of amides is 1. The number of aromatic nitrogens is 4. The van der Waals surface area contributed by atoms with Gasteiger partial charge in [0.25, 0.3) is 6.43 Å². The number of benzene rings is 1. The highest BCUT2D eigenvalue weighted by atomic mass is 79.9. The lowest BCUT2D eigenvalue weighted by Gasteiger charge is -2.07. The largest absolute Gasteiger partial charge is 0.471 e. The highest BCUT2D eigenvalue weighted by molar-refractivity contribution is 9.10. The minimum Gasteiger partial charge on any atom is -0.471 e. The first kappa shape index (κ1) is 21.0. The summed E-state index contributed by atoms with van der Waals surface area (Å²) in [4.78, 5) is 12.4. The second kappa shape index (κ2) is 8.84. The molecule has 0 radical (unpaired) electrons. The van der Waals surface area contributed by atoms with Gasteiger partial charge in [0.1, 0.15) is 18.0 Å².